The fraction of sp³-hybridized carbons (Fsp3) is 0.677. The second-order valence-electron chi connectivity index (χ2n) is 10.2. The van der Waals surface area contributed by atoms with Crippen molar-refractivity contribution in [2.75, 3.05) is 26.4 Å². The molecular weight excluding hydrogens is 432 g/mol. The Bertz CT molecular complexity index is 673. The number of nitrogens with zero attached hydrogens (tertiary/aromatic N) is 2. The summed E-state index contributed by atoms with van der Waals surface area (Å²) in [4.78, 5) is 4.41. The van der Waals surface area contributed by atoms with E-state index < -0.39 is 6.10 Å². The lowest BCUT2D eigenvalue weighted by Gasteiger charge is -2.23. The van der Waals surface area contributed by atoms with Crippen molar-refractivity contribution in [3.63, 3.8) is 0 Å². The van der Waals surface area contributed by atoms with Gasteiger partial charge in [-0.2, -0.15) is 0 Å². The Kier molecular flexibility index (Phi) is 16.3. The average Bonchev–Trinajstić information content (AvgIpc) is 3.30. The molecule has 1 unspecified atom stereocenters. The van der Waals surface area contributed by atoms with Gasteiger partial charge in [0.15, 0.2) is 0 Å². The highest BCUT2D eigenvalue weighted by Gasteiger charge is 2.16. The van der Waals surface area contributed by atoms with Crippen LogP contribution in [0.5, 0.6) is 0 Å². The van der Waals surface area contributed by atoms with Crippen LogP contribution in [0.4, 0.5) is 0 Å². The van der Waals surface area contributed by atoms with Gasteiger partial charge >= 0.3 is 0 Å². The maximum atomic E-state index is 10.3. The lowest BCUT2D eigenvalue weighted by molar-refractivity contribution is 0.0200. The Morgan fingerprint density at radius 1 is 0.829 bits per heavy atom. The molecule has 4 heteroatoms. The second kappa shape index (κ2) is 19.4. The number of benzene rings is 1. The van der Waals surface area contributed by atoms with Crippen molar-refractivity contribution in [1.82, 2.24) is 9.80 Å². The van der Waals surface area contributed by atoms with E-state index in [0.717, 1.165) is 31.8 Å². The van der Waals surface area contributed by atoms with E-state index >= 15 is 0 Å². The lowest BCUT2D eigenvalue weighted by atomic mass is 10.0. The van der Waals surface area contributed by atoms with Gasteiger partial charge in [-0.05, 0) is 17.5 Å². The van der Waals surface area contributed by atoms with Crippen LogP contribution in [0.1, 0.15) is 108 Å². The van der Waals surface area contributed by atoms with E-state index in [-0.39, 0.29) is 0 Å². The van der Waals surface area contributed by atoms with Crippen LogP contribution in [0, 0.1) is 0 Å². The van der Waals surface area contributed by atoms with Gasteiger partial charge < -0.3 is 19.6 Å². The summed E-state index contributed by atoms with van der Waals surface area (Å²) in [5.41, 5.74) is 2.42. The predicted molar refractivity (Wildman–Crippen MR) is 150 cm³/mol. The smallest absolute Gasteiger partial charge is 0.0948 e. The topological polar surface area (TPSA) is 35.9 Å². The van der Waals surface area contributed by atoms with Crippen LogP contribution >= 0.6 is 0 Å². The van der Waals surface area contributed by atoms with Gasteiger partial charge in [0.25, 0.3) is 0 Å². The van der Waals surface area contributed by atoms with Crippen molar-refractivity contribution in [2.45, 2.75) is 109 Å². The molecule has 0 amide bonds. The second-order valence-corrected chi connectivity index (χ2v) is 10.2. The SMILES string of the molecule is C=Cc1ccc(CN2C=CN(CC(O)COCCCCCCCCCCCCCCCC)C2)cc1. The van der Waals surface area contributed by atoms with Gasteiger partial charge in [-0.3, -0.25) is 0 Å². The third-order valence-electron chi connectivity index (χ3n) is 6.85. The summed E-state index contributed by atoms with van der Waals surface area (Å²) < 4.78 is 5.73. The summed E-state index contributed by atoms with van der Waals surface area (Å²) >= 11 is 0. The third kappa shape index (κ3) is 14.4. The summed E-state index contributed by atoms with van der Waals surface area (Å²) in [6.07, 6.45) is 24.7. The maximum Gasteiger partial charge on any atom is 0.0948 e. The normalized spacial score (nSPS) is 14.1. The van der Waals surface area contributed by atoms with E-state index in [2.05, 4.69) is 60.0 Å². The first-order valence-electron chi connectivity index (χ1n) is 14.3. The minimum atomic E-state index is -0.446. The molecule has 1 heterocycles. The molecule has 0 aromatic heterocycles. The fourth-order valence-electron chi connectivity index (χ4n) is 4.67. The number of β-amino-alcohol motifs (C(OH)–C–C–N with tert-alkyl or cyclic N) is 1. The van der Waals surface area contributed by atoms with Crippen LogP contribution in [0.25, 0.3) is 6.08 Å². The number of aliphatic hydroxyl groups excluding tert-OH is 1. The minimum absolute atomic E-state index is 0.422. The Balaban J connectivity index is 1.36. The largest absolute Gasteiger partial charge is 0.389 e. The molecule has 1 aliphatic heterocycles. The predicted octanol–water partition coefficient (Wildman–Crippen LogP) is 7.73. The monoisotopic (exact) mass is 484 g/mol. The van der Waals surface area contributed by atoms with Gasteiger partial charge in [0.2, 0.25) is 0 Å². The van der Waals surface area contributed by atoms with Crippen LogP contribution in [-0.2, 0) is 11.3 Å². The van der Waals surface area contributed by atoms with Gasteiger partial charge in [0, 0.05) is 32.1 Å². The molecule has 1 aromatic rings. The standard InChI is InChI=1S/C31H52N2O2/c1-3-5-6-7-8-9-10-11-12-13-14-15-16-17-24-35-27-31(34)26-33-23-22-32(28-33)25-30-20-18-29(4-2)19-21-30/h4,18-23,31,34H,2-3,5-17,24-28H2,1H3. The van der Waals surface area contributed by atoms with E-state index in [0.29, 0.717) is 13.2 Å². The van der Waals surface area contributed by atoms with E-state index in [4.69, 9.17) is 4.74 Å². The first kappa shape index (κ1) is 29.5. The number of rotatable bonds is 22. The molecule has 1 aromatic carbocycles. The number of hydrogen-bond acceptors (Lipinski definition) is 4. The van der Waals surface area contributed by atoms with Gasteiger partial charge in [-0.1, -0.05) is 127 Å². The van der Waals surface area contributed by atoms with E-state index in [1.165, 1.54) is 89.0 Å². The first-order valence-corrected chi connectivity index (χ1v) is 14.3. The van der Waals surface area contributed by atoms with Crippen LogP contribution in [0.3, 0.4) is 0 Å². The van der Waals surface area contributed by atoms with Crippen molar-refractivity contribution in [1.29, 1.82) is 0 Å². The molecule has 0 radical (unpaired) electrons. The first-order chi connectivity index (χ1) is 17.2. The molecular formula is C31H52N2O2. The van der Waals surface area contributed by atoms with Crippen molar-refractivity contribution in [2.24, 2.45) is 0 Å². The van der Waals surface area contributed by atoms with Crippen LogP contribution in [-0.4, -0.2) is 47.4 Å². The summed E-state index contributed by atoms with van der Waals surface area (Å²) in [5.74, 6) is 0. The molecule has 35 heavy (non-hydrogen) atoms. The van der Waals surface area contributed by atoms with Gasteiger partial charge in [0.05, 0.1) is 19.4 Å². The molecule has 0 bridgehead atoms. The zero-order chi connectivity index (χ0) is 25.0. The summed E-state index contributed by atoms with van der Waals surface area (Å²) in [7, 11) is 0. The highest BCUT2D eigenvalue weighted by Crippen LogP contribution is 2.15. The molecule has 0 spiro atoms. The summed E-state index contributed by atoms with van der Waals surface area (Å²) in [6, 6.07) is 8.49. The van der Waals surface area contributed by atoms with Crippen molar-refractivity contribution < 1.29 is 9.84 Å². The average molecular weight is 485 g/mol. The van der Waals surface area contributed by atoms with Gasteiger partial charge in [-0.25, -0.2) is 0 Å². The van der Waals surface area contributed by atoms with Gasteiger partial charge in [-0.15, -0.1) is 0 Å². The van der Waals surface area contributed by atoms with E-state index in [1.54, 1.807) is 0 Å². The molecule has 1 atom stereocenters. The van der Waals surface area contributed by atoms with Crippen molar-refractivity contribution >= 4 is 6.08 Å². The summed E-state index contributed by atoms with van der Waals surface area (Å²) in [5, 5.41) is 10.3. The zero-order valence-corrected chi connectivity index (χ0v) is 22.5. The Labute approximate surface area is 216 Å². The highest BCUT2D eigenvalue weighted by atomic mass is 16.5. The highest BCUT2D eigenvalue weighted by molar-refractivity contribution is 5.47. The van der Waals surface area contributed by atoms with Crippen molar-refractivity contribution in [3.05, 3.63) is 54.4 Å². The Hall–Kier alpha value is -1.78. The molecule has 1 N–H and O–H groups in total. The van der Waals surface area contributed by atoms with Crippen LogP contribution < -0.4 is 0 Å². The molecule has 0 fully saturated rings. The number of hydrogen-bond donors (Lipinski definition) is 1. The Morgan fingerprint density at radius 2 is 1.37 bits per heavy atom. The van der Waals surface area contributed by atoms with Crippen molar-refractivity contribution in [3.8, 4) is 0 Å². The Morgan fingerprint density at radius 3 is 1.94 bits per heavy atom. The molecule has 0 aliphatic carbocycles. The minimum Gasteiger partial charge on any atom is -0.389 e. The fourth-order valence-corrected chi connectivity index (χ4v) is 4.67. The van der Waals surface area contributed by atoms with Crippen LogP contribution in [0.2, 0.25) is 0 Å². The molecule has 0 saturated heterocycles. The third-order valence-corrected chi connectivity index (χ3v) is 6.85. The molecule has 198 valence electrons. The van der Waals surface area contributed by atoms with E-state index in [9.17, 15) is 5.11 Å². The molecule has 4 nitrogen and oxygen atoms in total. The maximum absolute atomic E-state index is 10.3. The summed E-state index contributed by atoms with van der Waals surface area (Å²) in [6.45, 7) is 9.56. The molecule has 0 saturated carbocycles. The van der Waals surface area contributed by atoms with Crippen LogP contribution in [0.15, 0.2) is 43.2 Å². The van der Waals surface area contributed by atoms with E-state index in [1.807, 2.05) is 6.08 Å². The number of aliphatic hydroxyl groups is 1. The van der Waals surface area contributed by atoms with Gasteiger partial charge in [0.1, 0.15) is 0 Å². The lowest BCUT2D eigenvalue weighted by Crippen LogP contribution is -2.34. The number of ether oxygens (including phenoxy) is 1. The molecule has 2 rings (SSSR count). The quantitative estimate of drug-likeness (QED) is 0.171. The number of unbranched alkanes of at least 4 members (excludes halogenated alkanes) is 13. The zero-order valence-electron chi connectivity index (χ0n) is 22.5. The molecule has 1 aliphatic rings.